The van der Waals surface area contributed by atoms with Crippen LogP contribution < -0.4 is 15.8 Å². The second-order valence-electron chi connectivity index (χ2n) is 10.0. The van der Waals surface area contributed by atoms with E-state index in [1.807, 2.05) is 48.9 Å². The van der Waals surface area contributed by atoms with Crippen molar-refractivity contribution in [3.05, 3.63) is 70.1 Å². The summed E-state index contributed by atoms with van der Waals surface area (Å²) in [5.41, 5.74) is 8.27. The minimum Gasteiger partial charge on any atom is -0.480 e. The number of aromatic nitrogens is 2. The molecule has 0 bridgehead atoms. The van der Waals surface area contributed by atoms with E-state index in [9.17, 15) is 27.9 Å². The summed E-state index contributed by atoms with van der Waals surface area (Å²) in [6.07, 6.45) is -3.66. The maximum Gasteiger partial charge on any atom is 0.425 e. The van der Waals surface area contributed by atoms with E-state index in [4.69, 9.17) is 27.1 Å². The van der Waals surface area contributed by atoms with Gasteiger partial charge in [-0.05, 0) is 62.3 Å². The van der Waals surface area contributed by atoms with Crippen LogP contribution in [0.3, 0.4) is 0 Å². The van der Waals surface area contributed by atoms with Crippen molar-refractivity contribution in [2.45, 2.75) is 77.7 Å². The number of carbonyl (C=O) groups is 2. The molecule has 0 spiro atoms. The zero-order valence-electron chi connectivity index (χ0n) is 24.0. The van der Waals surface area contributed by atoms with Gasteiger partial charge in [0.15, 0.2) is 6.10 Å². The molecule has 1 aromatic heterocycles. The Morgan fingerprint density at radius 2 is 1.83 bits per heavy atom. The number of imidazole rings is 1. The van der Waals surface area contributed by atoms with Gasteiger partial charge in [-0.2, -0.15) is 13.2 Å². The van der Waals surface area contributed by atoms with Crippen LogP contribution in [0.5, 0.6) is 5.75 Å². The minimum absolute atomic E-state index is 0.0457. The van der Waals surface area contributed by atoms with Gasteiger partial charge in [-0.15, -0.1) is 0 Å². The van der Waals surface area contributed by atoms with E-state index in [1.54, 1.807) is 0 Å². The number of aliphatic hydroxyl groups is 1. The summed E-state index contributed by atoms with van der Waals surface area (Å²) in [7, 11) is 0. The molecule has 4 N–H and O–H groups in total. The highest BCUT2D eigenvalue weighted by molar-refractivity contribution is 6.33. The van der Waals surface area contributed by atoms with Gasteiger partial charge in [-0.1, -0.05) is 42.8 Å². The first-order chi connectivity index (χ1) is 19.8. The number of amides is 2. The molecule has 42 heavy (non-hydrogen) atoms. The van der Waals surface area contributed by atoms with Crippen molar-refractivity contribution in [2.75, 3.05) is 6.61 Å². The van der Waals surface area contributed by atoms with E-state index in [1.165, 1.54) is 19.1 Å². The molecule has 3 atom stereocenters. The average Bonchev–Trinajstić information content (AvgIpc) is 3.36. The van der Waals surface area contributed by atoms with Crippen molar-refractivity contribution in [2.24, 2.45) is 5.73 Å². The molecule has 3 rings (SSSR count). The molecule has 12 heteroatoms. The second kappa shape index (κ2) is 14.1. The van der Waals surface area contributed by atoms with Crippen molar-refractivity contribution in [3.63, 3.8) is 0 Å². The molecule has 0 fully saturated rings. The predicted octanol–water partition coefficient (Wildman–Crippen LogP) is 5.95. The Bertz CT molecular complexity index is 1390. The number of hydrogen-bond acceptors (Lipinski definition) is 5. The number of nitrogens with two attached hydrogens (primary N) is 1. The molecular formula is C30H36ClF3N4O4. The molecular weight excluding hydrogens is 573 g/mol. The third kappa shape index (κ3) is 7.83. The van der Waals surface area contributed by atoms with E-state index in [-0.39, 0.29) is 46.9 Å². The number of rotatable bonds is 13. The van der Waals surface area contributed by atoms with Crippen molar-refractivity contribution in [3.8, 4) is 17.0 Å². The Labute approximate surface area is 248 Å². The smallest absolute Gasteiger partial charge is 0.425 e. The number of primary amides is 1. The largest absolute Gasteiger partial charge is 0.480 e. The van der Waals surface area contributed by atoms with Crippen LogP contribution in [0.25, 0.3) is 11.3 Å². The van der Waals surface area contributed by atoms with E-state index >= 15 is 0 Å². The van der Waals surface area contributed by atoms with E-state index in [0.29, 0.717) is 19.4 Å². The summed E-state index contributed by atoms with van der Waals surface area (Å²) in [5, 5.41) is 12.6. The maximum absolute atomic E-state index is 13.2. The van der Waals surface area contributed by atoms with E-state index in [2.05, 4.69) is 5.32 Å². The van der Waals surface area contributed by atoms with Crippen LogP contribution in [0, 0.1) is 0 Å². The first-order valence-electron chi connectivity index (χ1n) is 13.7. The second-order valence-corrected chi connectivity index (χ2v) is 10.4. The molecule has 228 valence electrons. The van der Waals surface area contributed by atoms with Crippen LogP contribution in [0.2, 0.25) is 5.02 Å². The number of aliphatic hydroxyl groups excluding tert-OH is 1. The van der Waals surface area contributed by atoms with Gasteiger partial charge in [-0.25, -0.2) is 4.98 Å². The molecule has 2 aromatic carbocycles. The van der Waals surface area contributed by atoms with Gasteiger partial charge in [0.25, 0.3) is 0 Å². The Morgan fingerprint density at radius 3 is 2.36 bits per heavy atom. The van der Waals surface area contributed by atoms with E-state index in [0.717, 1.165) is 29.6 Å². The first kappa shape index (κ1) is 32.9. The number of nitrogens with zero attached hydrogens (tertiary/aromatic N) is 2. The summed E-state index contributed by atoms with van der Waals surface area (Å²) in [6.45, 7) is 6.71. The van der Waals surface area contributed by atoms with Crippen LogP contribution in [-0.2, 0) is 17.8 Å². The molecule has 0 radical (unpaired) electrons. The zero-order valence-corrected chi connectivity index (χ0v) is 24.7. The number of halogens is 4. The van der Waals surface area contributed by atoms with Crippen molar-refractivity contribution in [1.29, 1.82) is 0 Å². The normalized spacial score (nSPS) is 13.8. The number of nitrogens with one attached hydrogen (secondary N) is 1. The number of aryl methyl sites for hydroxylation is 1. The number of alkyl halides is 3. The Morgan fingerprint density at radius 1 is 1.17 bits per heavy atom. The number of hydrogen-bond donors (Lipinski definition) is 3. The summed E-state index contributed by atoms with van der Waals surface area (Å²) < 4.78 is 46.5. The highest BCUT2D eigenvalue weighted by Crippen LogP contribution is 2.40. The van der Waals surface area contributed by atoms with Gasteiger partial charge < -0.3 is 25.5 Å². The SMILES string of the molecule is CCC(NC(C)=O)c1nc(-c2ccc(CC(CCO)c3c(C(N)=O)ccc(OC(C)C(F)(F)F)c3Cl)cc2)cn1CC. The van der Waals surface area contributed by atoms with Crippen molar-refractivity contribution < 1.29 is 32.6 Å². The van der Waals surface area contributed by atoms with Crippen LogP contribution >= 0.6 is 11.6 Å². The van der Waals surface area contributed by atoms with Gasteiger partial charge in [-0.3, -0.25) is 9.59 Å². The average molecular weight is 609 g/mol. The van der Waals surface area contributed by atoms with Gasteiger partial charge in [0.1, 0.15) is 11.6 Å². The molecule has 1 heterocycles. The van der Waals surface area contributed by atoms with Crippen LogP contribution in [0.4, 0.5) is 13.2 Å². The Kier molecular flexibility index (Phi) is 11.0. The third-order valence-electron chi connectivity index (χ3n) is 7.04. The van der Waals surface area contributed by atoms with Crippen molar-refractivity contribution in [1.82, 2.24) is 14.9 Å². The van der Waals surface area contributed by atoms with Gasteiger partial charge in [0, 0.05) is 37.4 Å². The van der Waals surface area contributed by atoms with Gasteiger partial charge in [0.2, 0.25) is 11.8 Å². The molecule has 3 aromatic rings. The fourth-order valence-corrected chi connectivity index (χ4v) is 5.19. The lowest BCUT2D eigenvalue weighted by molar-refractivity contribution is -0.189. The number of carbonyl (C=O) groups excluding carboxylic acids is 2. The fraction of sp³-hybridized carbons (Fsp3) is 0.433. The molecule has 0 saturated carbocycles. The molecule has 0 aliphatic heterocycles. The van der Waals surface area contributed by atoms with Crippen LogP contribution in [0.15, 0.2) is 42.6 Å². The quantitative estimate of drug-likeness (QED) is 0.222. The van der Waals surface area contributed by atoms with Gasteiger partial charge >= 0.3 is 6.18 Å². The highest BCUT2D eigenvalue weighted by atomic mass is 35.5. The molecule has 0 aliphatic carbocycles. The minimum atomic E-state index is -4.62. The summed E-state index contributed by atoms with van der Waals surface area (Å²) >= 11 is 6.54. The monoisotopic (exact) mass is 608 g/mol. The molecule has 2 amide bonds. The molecule has 8 nitrogen and oxygen atoms in total. The van der Waals surface area contributed by atoms with Gasteiger partial charge in [0.05, 0.1) is 16.8 Å². The predicted molar refractivity (Wildman–Crippen MR) is 154 cm³/mol. The third-order valence-corrected chi connectivity index (χ3v) is 7.43. The lowest BCUT2D eigenvalue weighted by Crippen LogP contribution is -2.31. The summed E-state index contributed by atoms with van der Waals surface area (Å²) in [5.74, 6) is -0.955. The molecule has 0 saturated heterocycles. The molecule has 0 aliphatic rings. The number of benzene rings is 2. The lowest BCUT2D eigenvalue weighted by Gasteiger charge is -2.24. The Balaban J connectivity index is 1.94. The van der Waals surface area contributed by atoms with Crippen molar-refractivity contribution >= 4 is 23.4 Å². The molecule has 3 unspecified atom stereocenters. The van der Waals surface area contributed by atoms with Crippen LogP contribution in [0.1, 0.15) is 79.8 Å². The fourth-order valence-electron chi connectivity index (χ4n) is 4.83. The highest BCUT2D eigenvalue weighted by Gasteiger charge is 2.39. The zero-order chi connectivity index (χ0) is 31.2. The lowest BCUT2D eigenvalue weighted by atomic mass is 9.86. The topological polar surface area (TPSA) is 119 Å². The number of ether oxygens (including phenoxy) is 1. The maximum atomic E-state index is 13.2. The van der Waals surface area contributed by atoms with Crippen LogP contribution in [-0.4, -0.2) is 45.4 Å². The summed E-state index contributed by atoms with van der Waals surface area (Å²) in [6, 6.07) is 9.78. The Hall–Kier alpha value is -3.57. The summed E-state index contributed by atoms with van der Waals surface area (Å²) in [4.78, 5) is 28.7. The first-order valence-corrected chi connectivity index (χ1v) is 14.1. The standard InChI is InChI=1S/C30H36ClF3N4O4/c1-5-23(36-18(4)40)29-37-24(16-38(29)6-2)20-9-7-19(8-10-20)15-21(13-14-39)26-22(28(35)41)11-12-25(27(26)31)42-17(3)30(32,33)34/h7-12,16-17,21,23,39H,5-6,13-15H2,1-4H3,(H2,35,41)(H,36,40). The van der Waals surface area contributed by atoms with E-state index < -0.39 is 24.1 Å².